The minimum atomic E-state index is -1.10. The van der Waals surface area contributed by atoms with Gasteiger partial charge in [-0.3, -0.25) is 9.59 Å². The number of aryl methyl sites for hydroxylation is 1. The van der Waals surface area contributed by atoms with Crippen LogP contribution in [0.2, 0.25) is 0 Å². The SMILES string of the molecule is CCc1n[nH]c(=O)c(CNC(=O)c2cccc(C(=O)O)c2)c1CC. The maximum absolute atomic E-state index is 12.2. The summed E-state index contributed by atoms with van der Waals surface area (Å²) < 4.78 is 0. The molecular formula is C17H19N3O4. The van der Waals surface area contributed by atoms with Crippen molar-refractivity contribution < 1.29 is 14.7 Å². The Labute approximate surface area is 138 Å². The van der Waals surface area contributed by atoms with Crippen molar-refractivity contribution in [2.75, 3.05) is 0 Å². The van der Waals surface area contributed by atoms with Gasteiger partial charge in [0, 0.05) is 17.7 Å². The lowest BCUT2D eigenvalue weighted by Gasteiger charge is -2.11. The highest BCUT2D eigenvalue weighted by atomic mass is 16.4. The van der Waals surface area contributed by atoms with Gasteiger partial charge in [0.25, 0.3) is 11.5 Å². The smallest absolute Gasteiger partial charge is 0.335 e. The van der Waals surface area contributed by atoms with E-state index in [1.807, 2.05) is 13.8 Å². The summed E-state index contributed by atoms with van der Waals surface area (Å²) >= 11 is 0. The molecule has 0 atom stereocenters. The molecule has 24 heavy (non-hydrogen) atoms. The highest BCUT2D eigenvalue weighted by molar-refractivity contribution is 5.97. The van der Waals surface area contributed by atoms with Crippen molar-refractivity contribution in [1.29, 1.82) is 0 Å². The molecule has 1 amide bonds. The molecule has 0 aliphatic heterocycles. The third-order valence-corrected chi connectivity index (χ3v) is 3.76. The van der Waals surface area contributed by atoms with E-state index in [0.717, 1.165) is 11.3 Å². The topological polar surface area (TPSA) is 112 Å². The van der Waals surface area contributed by atoms with Crippen LogP contribution in [0.4, 0.5) is 0 Å². The largest absolute Gasteiger partial charge is 0.478 e. The summed E-state index contributed by atoms with van der Waals surface area (Å²) in [6, 6.07) is 5.74. The van der Waals surface area contributed by atoms with Crippen molar-refractivity contribution in [3.63, 3.8) is 0 Å². The number of rotatable bonds is 6. The van der Waals surface area contributed by atoms with E-state index in [2.05, 4.69) is 15.5 Å². The van der Waals surface area contributed by atoms with Crippen LogP contribution in [0.3, 0.4) is 0 Å². The van der Waals surface area contributed by atoms with E-state index in [1.54, 1.807) is 0 Å². The number of aromatic amines is 1. The number of hydrogen-bond acceptors (Lipinski definition) is 4. The highest BCUT2D eigenvalue weighted by Crippen LogP contribution is 2.11. The summed E-state index contributed by atoms with van der Waals surface area (Å²) in [5.74, 6) is -1.54. The second-order valence-electron chi connectivity index (χ2n) is 5.23. The molecule has 0 radical (unpaired) electrons. The van der Waals surface area contributed by atoms with Crippen molar-refractivity contribution in [1.82, 2.24) is 15.5 Å². The van der Waals surface area contributed by atoms with Crippen LogP contribution < -0.4 is 10.9 Å². The van der Waals surface area contributed by atoms with E-state index in [9.17, 15) is 14.4 Å². The summed E-state index contributed by atoms with van der Waals surface area (Å²) in [6.45, 7) is 3.93. The van der Waals surface area contributed by atoms with Crippen LogP contribution in [-0.4, -0.2) is 27.2 Å². The Morgan fingerprint density at radius 1 is 1.17 bits per heavy atom. The summed E-state index contributed by atoms with van der Waals surface area (Å²) in [6.07, 6.45) is 1.32. The number of amides is 1. The monoisotopic (exact) mass is 329 g/mol. The first-order valence-corrected chi connectivity index (χ1v) is 7.68. The molecule has 3 N–H and O–H groups in total. The van der Waals surface area contributed by atoms with Crippen LogP contribution >= 0.6 is 0 Å². The molecule has 0 spiro atoms. The first kappa shape index (κ1) is 17.4. The van der Waals surface area contributed by atoms with Gasteiger partial charge in [0.1, 0.15) is 0 Å². The quantitative estimate of drug-likeness (QED) is 0.744. The molecule has 7 nitrogen and oxygen atoms in total. The standard InChI is InChI=1S/C17H19N3O4/c1-3-12-13(16(22)20-19-14(12)4-2)9-18-15(21)10-6-5-7-11(8-10)17(23)24/h5-8H,3-4,9H2,1-2H3,(H,18,21)(H,20,22)(H,23,24). The first-order valence-electron chi connectivity index (χ1n) is 7.68. The third kappa shape index (κ3) is 3.68. The molecular weight excluding hydrogens is 310 g/mol. The summed E-state index contributed by atoms with van der Waals surface area (Å²) in [5, 5.41) is 18.1. The van der Waals surface area contributed by atoms with Gasteiger partial charge in [-0.1, -0.05) is 19.9 Å². The minimum Gasteiger partial charge on any atom is -0.478 e. The lowest BCUT2D eigenvalue weighted by atomic mass is 10.0. The van der Waals surface area contributed by atoms with E-state index in [4.69, 9.17) is 5.11 Å². The molecule has 0 aliphatic rings. The fraction of sp³-hybridized carbons (Fsp3) is 0.294. The van der Waals surface area contributed by atoms with Gasteiger partial charge in [0.15, 0.2) is 0 Å². The van der Waals surface area contributed by atoms with Gasteiger partial charge >= 0.3 is 5.97 Å². The van der Waals surface area contributed by atoms with Crippen molar-refractivity contribution in [3.8, 4) is 0 Å². The number of benzene rings is 1. The number of aromatic nitrogens is 2. The van der Waals surface area contributed by atoms with Crippen LogP contribution in [0, 0.1) is 0 Å². The van der Waals surface area contributed by atoms with Crippen molar-refractivity contribution in [2.24, 2.45) is 0 Å². The van der Waals surface area contributed by atoms with Gasteiger partial charge in [-0.05, 0) is 36.6 Å². The lowest BCUT2D eigenvalue weighted by molar-refractivity contribution is 0.0697. The molecule has 0 saturated carbocycles. The number of carboxylic acid groups (broad SMARTS) is 1. The van der Waals surface area contributed by atoms with E-state index < -0.39 is 11.9 Å². The number of carbonyl (C=O) groups is 2. The molecule has 1 aromatic heterocycles. The molecule has 0 bridgehead atoms. The van der Waals surface area contributed by atoms with Gasteiger partial charge < -0.3 is 10.4 Å². The van der Waals surface area contributed by atoms with E-state index in [1.165, 1.54) is 24.3 Å². The zero-order chi connectivity index (χ0) is 17.7. The average Bonchev–Trinajstić information content (AvgIpc) is 2.60. The number of H-pyrrole nitrogens is 1. The van der Waals surface area contributed by atoms with E-state index >= 15 is 0 Å². The fourth-order valence-corrected chi connectivity index (χ4v) is 2.53. The molecule has 126 valence electrons. The van der Waals surface area contributed by atoms with Gasteiger partial charge in [0.05, 0.1) is 11.3 Å². The zero-order valence-corrected chi connectivity index (χ0v) is 13.5. The molecule has 7 heteroatoms. The number of aromatic carboxylic acids is 1. The summed E-state index contributed by atoms with van der Waals surface area (Å²) in [4.78, 5) is 35.2. The number of hydrogen-bond donors (Lipinski definition) is 3. The molecule has 0 saturated heterocycles. The minimum absolute atomic E-state index is 0.0342. The normalized spacial score (nSPS) is 10.4. The molecule has 0 unspecified atom stereocenters. The average molecular weight is 329 g/mol. The molecule has 0 fully saturated rings. The second kappa shape index (κ2) is 7.54. The van der Waals surface area contributed by atoms with Gasteiger partial charge in [0.2, 0.25) is 0 Å². The van der Waals surface area contributed by atoms with Gasteiger partial charge in [-0.15, -0.1) is 0 Å². The van der Waals surface area contributed by atoms with Crippen molar-refractivity contribution in [2.45, 2.75) is 33.2 Å². The van der Waals surface area contributed by atoms with Crippen LogP contribution in [0.1, 0.15) is 51.4 Å². The molecule has 1 heterocycles. The molecule has 2 rings (SSSR count). The van der Waals surface area contributed by atoms with Gasteiger partial charge in [-0.2, -0.15) is 5.10 Å². The molecule has 2 aromatic rings. The number of nitrogens with one attached hydrogen (secondary N) is 2. The third-order valence-electron chi connectivity index (χ3n) is 3.76. The first-order chi connectivity index (χ1) is 11.5. The number of carboxylic acids is 1. The lowest BCUT2D eigenvalue weighted by Crippen LogP contribution is -2.29. The predicted octanol–water partition coefficient (Wildman–Crippen LogP) is 1.52. The Balaban J connectivity index is 2.22. The number of nitrogens with zero attached hydrogens (tertiary/aromatic N) is 1. The van der Waals surface area contributed by atoms with Crippen LogP contribution in [-0.2, 0) is 19.4 Å². The number of carbonyl (C=O) groups excluding carboxylic acids is 1. The predicted molar refractivity (Wildman–Crippen MR) is 88.2 cm³/mol. The summed E-state index contributed by atoms with van der Waals surface area (Å²) in [5.41, 5.74) is 2.05. The Morgan fingerprint density at radius 2 is 1.88 bits per heavy atom. The second-order valence-corrected chi connectivity index (χ2v) is 5.23. The Hall–Kier alpha value is -2.96. The van der Waals surface area contributed by atoms with E-state index in [-0.39, 0.29) is 23.2 Å². The highest BCUT2D eigenvalue weighted by Gasteiger charge is 2.14. The summed E-state index contributed by atoms with van der Waals surface area (Å²) in [7, 11) is 0. The van der Waals surface area contributed by atoms with Gasteiger partial charge in [-0.25, -0.2) is 9.89 Å². The zero-order valence-electron chi connectivity index (χ0n) is 13.5. The van der Waals surface area contributed by atoms with Crippen molar-refractivity contribution in [3.05, 3.63) is 62.6 Å². The molecule has 0 aliphatic carbocycles. The maximum atomic E-state index is 12.2. The Morgan fingerprint density at radius 3 is 2.50 bits per heavy atom. The van der Waals surface area contributed by atoms with Crippen molar-refractivity contribution >= 4 is 11.9 Å². The van der Waals surface area contributed by atoms with Crippen LogP contribution in [0.5, 0.6) is 0 Å². The fourth-order valence-electron chi connectivity index (χ4n) is 2.53. The van der Waals surface area contributed by atoms with Crippen LogP contribution in [0.15, 0.2) is 29.1 Å². The van der Waals surface area contributed by atoms with Crippen LogP contribution in [0.25, 0.3) is 0 Å². The van der Waals surface area contributed by atoms with E-state index in [0.29, 0.717) is 18.4 Å². The molecule has 1 aromatic carbocycles. The maximum Gasteiger partial charge on any atom is 0.335 e. The Kier molecular flexibility index (Phi) is 5.47. The Bertz CT molecular complexity index is 827.